The summed E-state index contributed by atoms with van der Waals surface area (Å²) < 4.78 is 1.73. The number of aryl methyl sites for hydroxylation is 2. The fourth-order valence-electron chi connectivity index (χ4n) is 4.06. The SMILES string of the molecule is CC1=CC[C@H]2C(=O)N(c3ccc(C(=O)Nn4c(C)ccc4C)cc3)C(=O)[C@H]2C1. The largest absolute Gasteiger partial charge is 0.274 e. The summed E-state index contributed by atoms with van der Waals surface area (Å²) in [6, 6.07) is 10.5. The quantitative estimate of drug-likeness (QED) is 0.659. The topological polar surface area (TPSA) is 71.4 Å². The molecule has 0 bridgehead atoms. The highest BCUT2D eigenvalue weighted by atomic mass is 16.2. The van der Waals surface area contributed by atoms with Gasteiger partial charge in [0, 0.05) is 17.0 Å². The summed E-state index contributed by atoms with van der Waals surface area (Å²) in [5.74, 6) is -1.06. The Hall–Kier alpha value is -3.15. The maximum Gasteiger partial charge on any atom is 0.270 e. The minimum Gasteiger partial charge on any atom is -0.274 e. The van der Waals surface area contributed by atoms with Gasteiger partial charge in [0.1, 0.15) is 0 Å². The minimum absolute atomic E-state index is 0.141. The standard InChI is InChI=1S/C22H23N3O3/c1-13-4-11-18-19(12-13)22(28)24(21(18)27)17-9-7-16(8-10-17)20(26)23-25-14(2)5-6-15(25)3/h4-10,18-19H,11-12H2,1-3H3,(H,23,26)/t18-,19+/m1/s1. The fourth-order valence-corrected chi connectivity index (χ4v) is 4.06. The molecule has 0 radical (unpaired) electrons. The highest BCUT2D eigenvalue weighted by molar-refractivity contribution is 6.22. The maximum absolute atomic E-state index is 12.8. The van der Waals surface area contributed by atoms with Crippen molar-refractivity contribution >= 4 is 23.4 Å². The lowest BCUT2D eigenvalue weighted by molar-refractivity contribution is -0.122. The second-order valence-corrected chi connectivity index (χ2v) is 7.65. The molecule has 0 unspecified atom stereocenters. The van der Waals surface area contributed by atoms with Gasteiger partial charge in [0.15, 0.2) is 0 Å². The van der Waals surface area contributed by atoms with Crippen LogP contribution >= 0.6 is 0 Å². The van der Waals surface area contributed by atoms with Crippen LogP contribution in [0.1, 0.15) is 41.5 Å². The number of benzene rings is 1. The van der Waals surface area contributed by atoms with Crippen molar-refractivity contribution < 1.29 is 14.4 Å². The molecule has 0 spiro atoms. The van der Waals surface area contributed by atoms with Gasteiger partial charge in [-0.3, -0.25) is 29.4 Å². The Kier molecular flexibility index (Phi) is 4.41. The highest BCUT2D eigenvalue weighted by Gasteiger charge is 2.48. The van der Waals surface area contributed by atoms with Crippen LogP contribution in [0.25, 0.3) is 0 Å². The molecule has 2 aliphatic rings. The fraction of sp³-hybridized carbons (Fsp3) is 0.318. The second-order valence-electron chi connectivity index (χ2n) is 7.65. The molecule has 6 nitrogen and oxygen atoms in total. The van der Waals surface area contributed by atoms with Crippen LogP contribution in [0.5, 0.6) is 0 Å². The van der Waals surface area contributed by atoms with E-state index in [1.165, 1.54) is 4.90 Å². The second kappa shape index (κ2) is 6.78. The minimum atomic E-state index is -0.265. The van der Waals surface area contributed by atoms with E-state index in [1.807, 2.05) is 32.9 Å². The summed E-state index contributed by atoms with van der Waals surface area (Å²) in [5, 5.41) is 0. The van der Waals surface area contributed by atoms with Gasteiger partial charge in [-0.1, -0.05) is 11.6 Å². The van der Waals surface area contributed by atoms with Gasteiger partial charge in [0.2, 0.25) is 11.8 Å². The molecule has 1 N–H and O–H groups in total. The lowest BCUT2D eigenvalue weighted by atomic mass is 9.82. The molecule has 0 saturated carbocycles. The van der Waals surface area contributed by atoms with E-state index in [0.29, 0.717) is 24.1 Å². The number of allylic oxidation sites excluding steroid dienone is 2. The van der Waals surface area contributed by atoms with E-state index in [2.05, 4.69) is 11.5 Å². The molecule has 1 aliphatic carbocycles. The van der Waals surface area contributed by atoms with E-state index in [0.717, 1.165) is 17.0 Å². The van der Waals surface area contributed by atoms with E-state index in [-0.39, 0.29) is 29.6 Å². The average molecular weight is 377 g/mol. The van der Waals surface area contributed by atoms with Gasteiger partial charge in [-0.05, 0) is 70.0 Å². The molecule has 2 aromatic rings. The van der Waals surface area contributed by atoms with Crippen molar-refractivity contribution in [2.75, 3.05) is 10.3 Å². The van der Waals surface area contributed by atoms with Crippen molar-refractivity contribution in [3.8, 4) is 0 Å². The van der Waals surface area contributed by atoms with Gasteiger partial charge >= 0.3 is 0 Å². The Bertz CT molecular complexity index is 981. The number of hydrogen-bond donors (Lipinski definition) is 1. The summed E-state index contributed by atoms with van der Waals surface area (Å²) in [7, 11) is 0. The van der Waals surface area contributed by atoms with E-state index < -0.39 is 0 Å². The molecule has 1 aromatic carbocycles. The Balaban J connectivity index is 1.53. The third-order valence-corrected chi connectivity index (χ3v) is 5.70. The van der Waals surface area contributed by atoms with Gasteiger partial charge in [-0.25, -0.2) is 0 Å². The van der Waals surface area contributed by atoms with Crippen molar-refractivity contribution in [3.05, 3.63) is 65.0 Å². The van der Waals surface area contributed by atoms with Crippen LogP contribution < -0.4 is 10.3 Å². The summed E-state index contributed by atoms with van der Waals surface area (Å²) >= 11 is 0. The Morgan fingerprint density at radius 1 is 0.929 bits per heavy atom. The van der Waals surface area contributed by atoms with Crippen molar-refractivity contribution in [1.29, 1.82) is 0 Å². The zero-order valence-corrected chi connectivity index (χ0v) is 16.2. The zero-order valence-electron chi connectivity index (χ0n) is 16.2. The first-order valence-corrected chi connectivity index (χ1v) is 9.46. The lowest BCUT2D eigenvalue weighted by Gasteiger charge is -2.18. The molecular formula is C22H23N3O3. The number of hydrogen-bond acceptors (Lipinski definition) is 3. The molecule has 1 saturated heterocycles. The van der Waals surface area contributed by atoms with Crippen LogP contribution in [0, 0.1) is 25.7 Å². The first-order valence-electron chi connectivity index (χ1n) is 9.46. The molecule has 3 amide bonds. The van der Waals surface area contributed by atoms with Crippen molar-refractivity contribution in [2.45, 2.75) is 33.6 Å². The predicted molar refractivity (Wildman–Crippen MR) is 107 cm³/mol. The van der Waals surface area contributed by atoms with Crippen LogP contribution in [0.15, 0.2) is 48.0 Å². The van der Waals surface area contributed by atoms with Crippen LogP contribution in [0.2, 0.25) is 0 Å². The Morgan fingerprint density at radius 3 is 2.18 bits per heavy atom. The zero-order chi connectivity index (χ0) is 20.0. The number of rotatable bonds is 3. The summed E-state index contributed by atoms with van der Waals surface area (Å²) in [4.78, 5) is 39.4. The van der Waals surface area contributed by atoms with Gasteiger partial charge in [-0.15, -0.1) is 0 Å². The van der Waals surface area contributed by atoms with E-state index in [4.69, 9.17) is 0 Å². The van der Waals surface area contributed by atoms with Crippen molar-refractivity contribution in [2.24, 2.45) is 11.8 Å². The molecule has 1 aliphatic heterocycles. The van der Waals surface area contributed by atoms with Crippen LogP contribution in [-0.2, 0) is 9.59 Å². The van der Waals surface area contributed by atoms with Gasteiger partial charge in [0.25, 0.3) is 5.91 Å². The molecule has 1 fully saturated rings. The Morgan fingerprint density at radius 2 is 1.54 bits per heavy atom. The molecule has 2 atom stereocenters. The van der Waals surface area contributed by atoms with Crippen molar-refractivity contribution in [3.63, 3.8) is 0 Å². The number of nitrogens with one attached hydrogen (secondary N) is 1. The molecule has 2 heterocycles. The van der Waals surface area contributed by atoms with Crippen molar-refractivity contribution in [1.82, 2.24) is 4.68 Å². The lowest BCUT2D eigenvalue weighted by Crippen LogP contribution is -2.31. The Labute approximate surface area is 163 Å². The third-order valence-electron chi connectivity index (χ3n) is 5.70. The first-order chi connectivity index (χ1) is 13.4. The van der Waals surface area contributed by atoms with E-state index in [1.54, 1.807) is 28.9 Å². The molecule has 4 rings (SSSR count). The number of carbonyl (C=O) groups is 3. The smallest absolute Gasteiger partial charge is 0.270 e. The van der Waals surface area contributed by atoms with Gasteiger partial charge in [0.05, 0.1) is 17.5 Å². The monoisotopic (exact) mass is 377 g/mol. The number of carbonyl (C=O) groups excluding carboxylic acids is 3. The van der Waals surface area contributed by atoms with Gasteiger partial charge in [-0.2, -0.15) is 0 Å². The normalized spacial score (nSPS) is 21.5. The summed E-state index contributed by atoms with van der Waals surface area (Å²) in [6.07, 6.45) is 3.31. The maximum atomic E-state index is 12.8. The third kappa shape index (κ3) is 2.95. The van der Waals surface area contributed by atoms with Crippen LogP contribution in [0.4, 0.5) is 5.69 Å². The van der Waals surface area contributed by atoms with Crippen LogP contribution in [-0.4, -0.2) is 22.4 Å². The number of fused-ring (bicyclic) bond motifs is 1. The number of anilines is 1. The number of nitrogens with zero attached hydrogens (tertiary/aromatic N) is 2. The molecule has 28 heavy (non-hydrogen) atoms. The average Bonchev–Trinajstić information content (AvgIpc) is 3.12. The van der Waals surface area contributed by atoms with Crippen LogP contribution in [0.3, 0.4) is 0 Å². The van der Waals surface area contributed by atoms with Gasteiger partial charge < -0.3 is 0 Å². The molecular weight excluding hydrogens is 354 g/mol. The number of imide groups is 1. The van der Waals surface area contributed by atoms with E-state index >= 15 is 0 Å². The number of amides is 3. The molecule has 1 aromatic heterocycles. The van der Waals surface area contributed by atoms with E-state index in [9.17, 15) is 14.4 Å². The molecule has 144 valence electrons. The highest BCUT2D eigenvalue weighted by Crippen LogP contribution is 2.39. The summed E-state index contributed by atoms with van der Waals surface area (Å²) in [6.45, 7) is 5.83. The first kappa shape index (κ1) is 18.2. The number of aromatic nitrogens is 1. The molecule has 6 heteroatoms. The summed E-state index contributed by atoms with van der Waals surface area (Å²) in [5.41, 5.74) is 6.86. The predicted octanol–water partition coefficient (Wildman–Crippen LogP) is 3.33.